The van der Waals surface area contributed by atoms with Crippen molar-refractivity contribution in [3.63, 3.8) is 0 Å². The second-order valence-corrected chi connectivity index (χ2v) is 6.16. The Balaban J connectivity index is 2.12. The minimum Gasteiger partial charge on any atom is -0.392 e. The van der Waals surface area contributed by atoms with Gasteiger partial charge in [-0.15, -0.1) is 0 Å². The van der Waals surface area contributed by atoms with Crippen molar-refractivity contribution in [1.29, 1.82) is 0 Å². The van der Waals surface area contributed by atoms with Gasteiger partial charge in [0.1, 0.15) is 5.78 Å². The maximum atomic E-state index is 12.2. The molecule has 0 radical (unpaired) electrons. The van der Waals surface area contributed by atoms with Gasteiger partial charge in [-0.05, 0) is 49.9 Å². The van der Waals surface area contributed by atoms with Crippen molar-refractivity contribution in [2.24, 2.45) is 22.7 Å². The molecule has 0 unspecified atom stereocenters. The normalized spacial score (nSPS) is 58.3. The molecule has 3 aliphatic rings. The van der Waals surface area contributed by atoms with E-state index in [4.69, 9.17) is 0 Å². The largest absolute Gasteiger partial charge is 0.392 e. The molecule has 15 heavy (non-hydrogen) atoms. The molecule has 0 bridgehead atoms. The summed E-state index contributed by atoms with van der Waals surface area (Å²) in [4.78, 5) is 12.2. The summed E-state index contributed by atoms with van der Waals surface area (Å²) < 4.78 is 0. The summed E-state index contributed by atoms with van der Waals surface area (Å²) in [5.74, 6) is 1.58. The molecule has 0 aliphatic heterocycles. The molecule has 0 aromatic carbocycles. The lowest BCUT2D eigenvalue weighted by atomic mass is 9.65. The van der Waals surface area contributed by atoms with Crippen molar-refractivity contribution >= 4 is 5.78 Å². The fraction of sp³-hybridized carbons (Fsp3) is 0.923. The highest BCUT2D eigenvalue weighted by atomic mass is 16.3. The number of hydrogen-bond donors (Lipinski definition) is 1. The van der Waals surface area contributed by atoms with Gasteiger partial charge in [0, 0.05) is 6.42 Å². The average molecular weight is 208 g/mol. The van der Waals surface area contributed by atoms with Crippen LogP contribution in [0.1, 0.15) is 46.0 Å². The van der Waals surface area contributed by atoms with Crippen molar-refractivity contribution < 1.29 is 9.90 Å². The van der Waals surface area contributed by atoms with E-state index in [9.17, 15) is 9.90 Å². The second-order valence-electron chi connectivity index (χ2n) is 6.16. The zero-order chi connectivity index (χ0) is 10.8. The Bertz CT molecular complexity index is 320. The van der Waals surface area contributed by atoms with Gasteiger partial charge < -0.3 is 5.11 Å². The highest BCUT2D eigenvalue weighted by Crippen LogP contribution is 2.70. The molecule has 84 valence electrons. The van der Waals surface area contributed by atoms with E-state index in [1.165, 1.54) is 6.42 Å². The van der Waals surface area contributed by atoms with Gasteiger partial charge in [-0.2, -0.15) is 0 Å². The standard InChI is InChI=1S/C13H20O2/c1-8-3-5-13-6-4-10(14)12(13,2)11(15)7-9(8)13/h8-10,14H,3-7H2,1-2H3/t8-,9+,10+,12-,13+/m1/s1. The van der Waals surface area contributed by atoms with E-state index in [2.05, 4.69) is 6.92 Å². The van der Waals surface area contributed by atoms with Gasteiger partial charge in [0.25, 0.3) is 0 Å². The van der Waals surface area contributed by atoms with Crippen LogP contribution in [0.3, 0.4) is 0 Å². The number of aliphatic hydroxyl groups is 1. The minimum absolute atomic E-state index is 0.170. The maximum absolute atomic E-state index is 12.2. The minimum atomic E-state index is -0.400. The van der Waals surface area contributed by atoms with Crippen LogP contribution in [0, 0.1) is 22.7 Å². The first-order valence-electron chi connectivity index (χ1n) is 6.24. The Kier molecular flexibility index (Phi) is 1.74. The van der Waals surface area contributed by atoms with E-state index in [0.717, 1.165) is 25.7 Å². The summed E-state index contributed by atoms with van der Waals surface area (Å²) in [6.07, 6.45) is 4.68. The fourth-order valence-corrected chi connectivity index (χ4v) is 4.92. The van der Waals surface area contributed by atoms with Crippen molar-refractivity contribution in [3.05, 3.63) is 0 Å². The average Bonchev–Trinajstić information content (AvgIpc) is 2.72. The molecule has 1 spiro atoms. The van der Waals surface area contributed by atoms with Gasteiger partial charge in [-0.1, -0.05) is 6.92 Å². The van der Waals surface area contributed by atoms with Crippen molar-refractivity contribution in [1.82, 2.24) is 0 Å². The number of Topliss-reactive ketones (excluding diaryl/α,β-unsaturated/α-hetero) is 1. The van der Waals surface area contributed by atoms with E-state index < -0.39 is 5.41 Å². The first kappa shape index (κ1) is 9.83. The van der Waals surface area contributed by atoms with Crippen LogP contribution in [0.15, 0.2) is 0 Å². The van der Waals surface area contributed by atoms with Gasteiger partial charge >= 0.3 is 0 Å². The van der Waals surface area contributed by atoms with Gasteiger partial charge in [-0.3, -0.25) is 4.79 Å². The lowest BCUT2D eigenvalue weighted by molar-refractivity contribution is -0.133. The third-order valence-electron chi connectivity index (χ3n) is 5.99. The van der Waals surface area contributed by atoms with Crippen molar-refractivity contribution in [2.45, 2.75) is 52.1 Å². The molecule has 3 rings (SSSR count). The van der Waals surface area contributed by atoms with Crippen LogP contribution in [-0.2, 0) is 4.79 Å². The number of carbonyl (C=O) groups is 1. The highest BCUT2D eigenvalue weighted by Gasteiger charge is 2.70. The van der Waals surface area contributed by atoms with Crippen LogP contribution >= 0.6 is 0 Å². The maximum Gasteiger partial charge on any atom is 0.142 e. The molecule has 3 saturated carbocycles. The molecule has 0 saturated heterocycles. The SMILES string of the molecule is C[C@@H]1CC[C@@]23CC[C@H](O)[C@]2(C)C(=O)C[C@@H]13. The van der Waals surface area contributed by atoms with Crippen LogP contribution in [0.2, 0.25) is 0 Å². The third-order valence-corrected chi connectivity index (χ3v) is 5.99. The molecule has 2 heteroatoms. The molecule has 0 aromatic rings. The van der Waals surface area contributed by atoms with E-state index in [1.807, 2.05) is 6.92 Å². The smallest absolute Gasteiger partial charge is 0.142 e. The van der Waals surface area contributed by atoms with Crippen LogP contribution in [0.5, 0.6) is 0 Å². The van der Waals surface area contributed by atoms with E-state index in [0.29, 0.717) is 17.6 Å². The van der Waals surface area contributed by atoms with Gasteiger partial charge in [0.2, 0.25) is 0 Å². The zero-order valence-electron chi connectivity index (χ0n) is 9.62. The molecule has 3 aliphatic carbocycles. The third kappa shape index (κ3) is 0.848. The number of carbonyl (C=O) groups excluding carboxylic acids is 1. The number of rotatable bonds is 0. The number of ketones is 1. The Morgan fingerprint density at radius 2 is 2.00 bits per heavy atom. The second kappa shape index (κ2) is 2.65. The monoisotopic (exact) mass is 208 g/mol. The quantitative estimate of drug-likeness (QED) is 0.662. The van der Waals surface area contributed by atoms with Gasteiger partial charge in [-0.25, -0.2) is 0 Å². The molecule has 0 amide bonds. The van der Waals surface area contributed by atoms with Crippen molar-refractivity contribution in [3.8, 4) is 0 Å². The summed E-state index contributed by atoms with van der Waals surface area (Å²) >= 11 is 0. The lowest BCUT2D eigenvalue weighted by Crippen LogP contribution is -2.42. The van der Waals surface area contributed by atoms with Crippen LogP contribution in [0.4, 0.5) is 0 Å². The molecule has 0 heterocycles. The summed E-state index contributed by atoms with van der Waals surface area (Å²) in [6.45, 7) is 4.31. The molecule has 0 aromatic heterocycles. The Hall–Kier alpha value is -0.370. The Morgan fingerprint density at radius 1 is 1.33 bits per heavy atom. The summed E-state index contributed by atoms with van der Waals surface area (Å²) in [5, 5.41) is 10.1. The molecular formula is C13H20O2. The van der Waals surface area contributed by atoms with E-state index in [1.54, 1.807) is 0 Å². The van der Waals surface area contributed by atoms with Crippen molar-refractivity contribution in [2.75, 3.05) is 0 Å². The topological polar surface area (TPSA) is 37.3 Å². The first-order chi connectivity index (χ1) is 7.02. The number of hydrogen-bond acceptors (Lipinski definition) is 2. The fourth-order valence-electron chi connectivity index (χ4n) is 4.92. The molecular weight excluding hydrogens is 188 g/mol. The Morgan fingerprint density at radius 3 is 2.73 bits per heavy atom. The molecule has 1 N–H and O–H groups in total. The predicted octanol–water partition coefficient (Wildman–Crippen LogP) is 2.15. The molecule has 2 nitrogen and oxygen atoms in total. The Labute approximate surface area is 91.1 Å². The molecule has 3 fully saturated rings. The molecule has 5 atom stereocenters. The highest BCUT2D eigenvalue weighted by molar-refractivity contribution is 5.89. The summed E-state index contributed by atoms with van der Waals surface area (Å²) in [5.41, 5.74) is -0.231. The van der Waals surface area contributed by atoms with Gasteiger partial charge in [0.05, 0.1) is 11.5 Å². The zero-order valence-corrected chi connectivity index (χ0v) is 9.62. The van der Waals surface area contributed by atoms with E-state index in [-0.39, 0.29) is 11.5 Å². The summed E-state index contributed by atoms with van der Waals surface area (Å²) in [6, 6.07) is 0. The van der Waals surface area contributed by atoms with E-state index >= 15 is 0 Å². The van der Waals surface area contributed by atoms with Crippen LogP contribution < -0.4 is 0 Å². The summed E-state index contributed by atoms with van der Waals surface area (Å²) in [7, 11) is 0. The van der Waals surface area contributed by atoms with Gasteiger partial charge in [0.15, 0.2) is 0 Å². The number of aliphatic hydroxyl groups excluding tert-OH is 1. The van der Waals surface area contributed by atoms with Crippen LogP contribution in [0.25, 0.3) is 0 Å². The first-order valence-corrected chi connectivity index (χ1v) is 6.24. The lowest BCUT2D eigenvalue weighted by Gasteiger charge is -2.38. The predicted molar refractivity (Wildman–Crippen MR) is 57.3 cm³/mol. The van der Waals surface area contributed by atoms with Crippen LogP contribution in [-0.4, -0.2) is 17.0 Å².